The van der Waals surface area contributed by atoms with Crippen LogP contribution < -0.4 is 9.47 Å². The van der Waals surface area contributed by atoms with Gasteiger partial charge in [-0.1, -0.05) is 24.6 Å². The SMILES string of the molecule is CC(CC=O)c1ccc(Cl)c2c1OCO2. The van der Waals surface area contributed by atoms with Crippen LogP contribution in [0.25, 0.3) is 0 Å². The van der Waals surface area contributed by atoms with E-state index in [2.05, 4.69) is 0 Å². The van der Waals surface area contributed by atoms with Crippen LogP contribution in [0.2, 0.25) is 5.02 Å². The lowest BCUT2D eigenvalue weighted by Crippen LogP contribution is -1.98. The predicted molar refractivity (Wildman–Crippen MR) is 56.7 cm³/mol. The molecule has 0 spiro atoms. The number of hydrogen-bond donors (Lipinski definition) is 0. The van der Waals surface area contributed by atoms with Gasteiger partial charge in [-0.05, 0) is 12.0 Å². The first-order valence-electron chi connectivity index (χ1n) is 4.75. The zero-order valence-electron chi connectivity index (χ0n) is 8.33. The van der Waals surface area contributed by atoms with Gasteiger partial charge >= 0.3 is 0 Å². The van der Waals surface area contributed by atoms with Gasteiger partial charge in [0.1, 0.15) is 6.29 Å². The molecule has 0 bridgehead atoms. The minimum absolute atomic E-state index is 0.121. The Kier molecular flexibility index (Phi) is 2.82. The van der Waals surface area contributed by atoms with Crippen LogP contribution in [0, 0.1) is 0 Å². The number of ether oxygens (including phenoxy) is 2. The highest BCUT2D eigenvalue weighted by Crippen LogP contribution is 2.44. The molecule has 1 atom stereocenters. The molecule has 1 aliphatic rings. The number of rotatable bonds is 3. The second-order valence-electron chi connectivity index (χ2n) is 3.50. The highest BCUT2D eigenvalue weighted by Gasteiger charge is 2.23. The fraction of sp³-hybridized carbons (Fsp3) is 0.364. The van der Waals surface area contributed by atoms with Crippen LogP contribution in [0.3, 0.4) is 0 Å². The van der Waals surface area contributed by atoms with Gasteiger partial charge in [-0.25, -0.2) is 0 Å². The van der Waals surface area contributed by atoms with E-state index in [9.17, 15) is 4.79 Å². The average Bonchev–Trinajstić information content (AvgIpc) is 2.68. The molecule has 3 nitrogen and oxygen atoms in total. The van der Waals surface area contributed by atoms with Gasteiger partial charge in [0.2, 0.25) is 6.79 Å². The molecule has 15 heavy (non-hydrogen) atoms. The largest absolute Gasteiger partial charge is 0.453 e. The molecule has 1 unspecified atom stereocenters. The summed E-state index contributed by atoms with van der Waals surface area (Å²) in [7, 11) is 0. The van der Waals surface area contributed by atoms with Gasteiger partial charge in [0, 0.05) is 12.0 Å². The highest BCUT2D eigenvalue weighted by atomic mass is 35.5. The van der Waals surface area contributed by atoms with Crippen LogP contribution in [0.5, 0.6) is 11.5 Å². The molecule has 1 aromatic carbocycles. The lowest BCUT2D eigenvalue weighted by Gasteiger charge is -2.11. The Morgan fingerprint density at radius 3 is 2.93 bits per heavy atom. The molecule has 0 saturated heterocycles. The lowest BCUT2D eigenvalue weighted by molar-refractivity contribution is -0.108. The minimum Gasteiger partial charge on any atom is -0.453 e. The Hall–Kier alpha value is -1.22. The Bertz CT molecular complexity index is 390. The molecule has 1 heterocycles. The number of halogens is 1. The maximum absolute atomic E-state index is 10.5. The maximum Gasteiger partial charge on any atom is 0.231 e. The van der Waals surface area contributed by atoms with E-state index in [1.807, 2.05) is 13.0 Å². The lowest BCUT2D eigenvalue weighted by atomic mass is 9.97. The van der Waals surface area contributed by atoms with Crippen molar-refractivity contribution >= 4 is 17.9 Å². The number of aldehydes is 1. The van der Waals surface area contributed by atoms with Crippen molar-refractivity contribution in [2.45, 2.75) is 19.3 Å². The van der Waals surface area contributed by atoms with Gasteiger partial charge in [0.25, 0.3) is 0 Å². The summed E-state index contributed by atoms with van der Waals surface area (Å²) >= 11 is 5.95. The molecule has 4 heteroatoms. The Labute approximate surface area is 92.9 Å². The Morgan fingerprint density at radius 1 is 1.47 bits per heavy atom. The first-order chi connectivity index (χ1) is 7.24. The normalized spacial score (nSPS) is 15.1. The van der Waals surface area contributed by atoms with E-state index in [4.69, 9.17) is 21.1 Å². The zero-order valence-corrected chi connectivity index (χ0v) is 9.08. The standard InChI is InChI=1S/C11H11ClO3/c1-7(4-5-13)8-2-3-9(12)11-10(8)14-6-15-11/h2-3,5,7H,4,6H2,1H3. The van der Waals surface area contributed by atoms with Crippen molar-refractivity contribution in [1.82, 2.24) is 0 Å². The third-order valence-electron chi connectivity index (χ3n) is 2.48. The summed E-state index contributed by atoms with van der Waals surface area (Å²) in [6.45, 7) is 2.17. The van der Waals surface area contributed by atoms with E-state index in [0.717, 1.165) is 11.8 Å². The van der Waals surface area contributed by atoms with E-state index >= 15 is 0 Å². The molecule has 0 saturated carbocycles. The molecular formula is C11H11ClO3. The van der Waals surface area contributed by atoms with Crippen LogP contribution in [-0.4, -0.2) is 13.1 Å². The van der Waals surface area contributed by atoms with Crippen molar-refractivity contribution in [2.24, 2.45) is 0 Å². The van der Waals surface area contributed by atoms with Gasteiger partial charge in [0.15, 0.2) is 11.5 Å². The fourth-order valence-electron chi connectivity index (χ4n) is 1.64. The van der Waals surface area contributed by atoms with Crippen molar-refractivity contribution in [3.8, 4) is 11.5 Å². The summed E-state index contributed by atoms with van der Waals surface area (Å²) in [6.07, 6.45) is 1.37. The summed E-state index contributed by atoms with van der Waals surface area (Å²) in [4.78, 5) is 10.5. The van der Waals surface area contributed by atoms with Gasteiger partial charge in [-0.3, -0.25) is 0 Å². The summed E-state index contributed by atoms with van der Waals surface area (Å²) in [6, 6.07) is 3.65. The highest BCUT2D eigenvalue weighted by molar-refractivity contribution is 6.32. The van der Waals surface area contributed by atoms with E-state index < -0.39 is 0 Å². The van der Waals surface area contributed by atoms with E-state index in [0.29, 0.717) is 22.9 Å². The monoisotopic (exact) mass is 226 g/mol. The molecule has 80 valence electrons. The molecule has 2 rings (SSSR count). The molecule has 0 radical (unpaired) electrons. The first kappa shape index (κ1) is 10.3. The summed E-state index contributed by atoms with van der Waals surface area (Å²) in [5.41, 5.74) is 0.971. The van der Waals surface area contributed by atoms with Crippen molar-refractivity contribution in [3.05, 3.63) is 22.7 Å². The van der Waals surface area contributed by atoms with Crippen LogP contribution >= 0.6 is 11.6 Å². The number of fused-ring (bicyclic) bond motifs is 1. The molecule has 1 aliphatic heterocycles. The summed E-state index contributed by atoms with van der Waals surface area (Å²) in [5, 5.41) is 0.546. The molecule has 0 aromatic heterocycles. The van der Waals surface area contributed by atoms with Crippen LogP contribution in [0.15, 0.2) is 12.1 Å². The number of benzene rings is 1. The smallest absolute Gasteiger partial charge is 0.231 e. The van der Waals surface area contributed by atoms with Crippen molar-refractivity contribution < 1.29 is 14.3 Å². The fourth-order valence-corrected chi connectivity index (χ4v) is 1.85. The quantitative estimate of drug-likeness (QED) is 0.744. The van der Waals surface area contributed by atoms with Gasteiger partial charge in [-0.2, -0.15) is 0 Å². The van der Waals surface area contributed by atoms with Crippen molar-refractivity contribution in [3.63, 3.8) is 0 Å². The number of carbonyl (C=O) groups excluding carboxylic acids is 1. The van der Waals surface area contributed by atoms with E-state index in [1.54, 1.807) is 6.07 Å². The van der Waals surface area contributed by atoms with E-state index in [1.165, 1.54) is 0 Å². The Balaban J connectivity index is 2.41. The zero-order chi connectivity index (χ0) is 10.8. The third kappa shape index (κ3) is 1.79. The maximum atomic E-state index is 10.5. The predicted octanol–water partition coefficient (Wildman–Crippen LogP) is 2.76. The molecule has 0 aliphatic carbocycles. The number of hydrogen-bond acceptors (Lipinski definition) is 3. The van der Waals surface area contributed by atoms with Gasteiger partial charge < -0.3 is 14.3 Å². The molecule has 0 N–H and O–H groups in total. The summed E-state index contributed by atoms with van der Waals surface area (Å²) < 4.78 is 10.6. The molecule has 0 fully saturated rings. The van der Waals surface area contributed by atoms with Crippen molar-refractivity contribution in [2.75, 3.05) is 6.79 Å². The molecular weight excluding hydrogens is 216 g/mol. The van der Waals surface area contributed by atoms with Crippen LogP contribution in [0.1, 0.15) is 24.8 Å². The second kappa shape index (κ2) is 4.11. The summed E-state index contributed by atoms with van der Waals surface area (Å²) in [5.74, 6) is 1.39. The van der Waals surface area contributed by atoms with Crippen LogP contribution in [-0.2, 0) is 4.79 Å². The molecule has 1 aromatic rings. The van der Waals surface area contributed by atoms with Gasteiger partial charge in [-0.15, -0.1) is 0 Å². The second-order valence-corrected chi connectivity index (χ2v) is 3.91. The molecule has 0 amide bonds. The minimum atomic E-state index is 0.121. The number of carbonyl (C=O) groups is 1. The topological polar surface area (TPSA) is 35.5 Å². The average molecular weight is 227 g/mol. The van der Waals surface area contributed by atoms with Crippen molar-refractivity contribution in [1.29, 1.82) is 0 Å². The van der Waals surface area contributed by atoms with Crippen LogP contribution in [0.4, 0.5) is 0 Å². The van der Waals surface area contributed by atoms with E-state index in [-0.39, 0.29) is 12.7 Å². The van der Waals surface area contributed by atoms with Gasteiger partial charge in [0.05, 0.1) is 5.02 Å². The first-order valence-corrected chi connectivity index (χ1v) is 5.13. The third-order valence-corrected chi connectivity index (χ3v) is 2.78. The Morgan fingerprint density at radius 2 is 2.20 bits per heavy atom.